The number of aromatic nitrogens is 4. The van der Waals surface area contributed by atoms with Crippen molar-refractivity contribution >= 4 is 17.4 Å². The Hall–Kier alpha value is -2.72. The molecule has 20 heavy (non-hydrogen) atoms. The maximum absolute atomic E-state index is 9.26. The van der Waals surface area contributed by atoms with Gasteiger partial charge in [0.05, 0.1) is 11.9 Å². The first-order valence-corrected chi connectivity index (χ1v) is 6.62. The zero-order chi connectivity index (χ0) is 14.1. The fraction of sp³-hybridized carbons (Fsp3) is 0.0769. The number of nitrogen functional groups attached to an aromatic ring is 1. The Bertz CT molecular complexity index is 797. The van der Waals surface area contributed by atoms with Crippen molar-refractivity contribution in [3.05, 3.63) is 35.6 Å². The lowest BCUT2D eigenvalue weighted by Gasteiger charge is -2.07. The second-order valence-electron chi connectivity index (χ2n) is 4.24. The van der Waals surface area contributed by atoms with Crippen LogP contribution in [-0.4, -0.2) is 19.1 Å². The lowest BCUT2D eigenvalue weighted by Crippen LogP contribution is -1.99. The van der Waals surface area contributed by atoms with Crippen LogP contribution in [0.15, 0.2) is 30.0 Å². The monoisotopic (exact) mass is 282 g/mol. The summed E-state index contributed by atoms with van der Waals surface area (Å²) < 4.78 is 5.76. The lowest BCUT2D eigenvalue weighted by atomic mass is 10.0. The fourth-order valence-electron chi connectivity index (χ4n) is 1.95. The average Bonchev–Trinajstić information content (AvgIpc) is 3.08. The first-order chi connectivity index (χ1) is 9.69. The zero-order valence-corrected chi connectivity index (χ0v) is 11.4. The number of hydrogen-bond donors (Lipinski definition) is 1. The van der Waals surface area contributed by atoms with E-state index in [1.165, 1.54) is 11.5 Å². The number of pyridine rings is 1. The van der Waals surface area contributed by atoms with Crippen molar-refractivity contribution in [2.45, 2.75) is 0 Å². The third-order valence-corrected chi connectivity index (χ3v) is 3.49. The summed E-state index contributed by atoms with van der Waals surface area (Å²) in [7, 11) is 1.83. The van der Waals surface area contributed by atoms with Crippen LogP contribution in [0.5, 0.6) is 0 Å². The Kier molecular flexibility index (Phi) is 2.93. The fourth-order valence-corrected chi connectivity index (χ4v) is 2.49. The molecule has 3 aromatic rings. The first kappa shape index (κ1) is 12.3. The van der Waals surface area contributed by atoms with E-state index in [1.54, 1.807) is 17.1 Å². The second-order valence-corrected chi connectivity index (χ2v) is 4.90. The Morgan fingerprint density at radius 3 is 2.80 bits per heavy atom. The van der Waals surface area contributed by atoms with E-state index in [4.69, 9.17) is 5.73 Å². The molecular weight excluding hydrogens is 272 g/mol. The van der Waals surface area contributed by atoms with Crippen molar-refractivity contribution in [3.8, 4) is 28.5 Å². The number of hydrogen-bond acceptors (Lipinski definition) is 6. The standard InChI is InChI=1S/C13H10N6S/c1-19-6-8(4-16-19)12-2-10(9-5-17-20-7-9)11(3-14)13(15)18-12/h2,4-7H,1H3,(H2,15,18). The van der Waals surface area contributed by atoms with Gasteiger partial charge in [-0.1, -0.05) is 0 Å². The van der Waals surface area contributed by atoms with E-state index in [9.17, 15) is 5.26 Å². The van der Waals surface area contributed by atoms with Crippen LogP contribution in [0.3, 0.4) is 0 Å². The highest BCUT2D eigenvalue weighted by molar-refractivity contribution is 7.03. The van der Waals surface area contributed by atoms with Crippen molar-refractivity contribution in [1.82, 2.24) is 19.1 Å². The van der Waals surface area contributed by atoms with Gasteiger partial charge >= 0.3 is 0 Å². The normalized spacial score (nSPS) is 10.4. The SMILES string of the molecule is Cn1cc(-c2cc(-c3cnsc3)c(C#N)c(N)n2)cn1. The van der Waals surface area contributed by atoms with Crippen molar-refractivity contribution in [2.24, 2.45) is 7.05 Å². The number of nitrogens with two attached hydrogens (primary N) is 1. The van der Waals surface area contributed by atoms with Gasteiger partial charge in [-0.2, -0.15) is 10.4 Å². The Morgan fingerprint density at radius 2 is 2.20 bits per heavy atom. The van der Waals surface area contributed by atoms with Crippen LogP contribution < -0.4 is 5.73 Å². The molecule has 0 unspecified atom stereocenters. The van der Waals surface area contributed by atoms with Gasteiger partial charge in [0.25, 0.3) is 0 Å². The Morgan fingerprint density at radius 1 is 1.35 bits per heavy atom. The summed E-state index contributed by atoms with van der Waals surface area (Å²) in [6.07, 6.45) is 5.28. The van der Waals surface area contributed by atoms with E-state index >= 15 is 0 Å². The summed E-state index contributed by atoms with van der Waals surface area (Å²) in [6, 6.07) is 3.95. The Balaban J connectivity index is 2.23. The lowest BCUT2D eigenvalue weighted by molar-refractivity contribution is 0.768. The molecule has 3 aromatic heterocycles. The molecule has 0 aliphatic carbocycles. The molecule has 0 saturated heterocycles. The molecule has 6 nitrogen and oxygen atoms in total. The predicted molar refractivity (Wildman–Crippen MR) is 76.7 cm³/mol. The highest BCUT2D eigenvalue weighted by atomic mass is 32.1. The largest absolute Gasteiger partial charge is 0.383 e. The van der Waals surface area contributed by atoms with Crippen LogP contribution in [0.2, 0.25) is 0 Å². The van der Waals surface area contributed by atoms with Crippen molar-refractivity contribution in [2.75, 3.05) is 5.73 Å². The molecule has 0 aromatic carbocycles. The minimum atomic E-state index is 0.218. The second kappa shape index (κ2) is 4.75. The van der Waals surface area contributed by atoms with Crippen LogP contribution in [0, 0.1) is 11.3 Å². The van der Waals surface area contributed by atoms with Crippen LogP contribution in [-0.2, 0) is 7.05 Å². The van der Waals surface area contributed by atoms with Crippen LogP contribution in [0.4, 0.5) is 5.82 Å². The van der Waals surface area contributed by atoms with Gasteiger partial charge in [-0.05, 0) is 17.6 Å². The molecule has 0 radical (unpaired) electrons. The van der Waals surface area contributed by atoms with Gasteiger partial charge in [-0.25, -0.2) is 9.36 Å². The van der Waals surface area contributed by atoms with Crippen LogP contribution in [0.1, 0.15) is 5.56 Å². The molecule has 7 heteroatoms. The molecule has 0 aliphatic rings. The maximum atomic E-state index is 9.26. The molecule has 3 rings (SSSR count). The van der Waals surface area contributed by atoms with Crippen LogP contribution >= 0.6 is 11.5 Å². The minimum absolute atomic E-state index is 0.218. The van der Waals surface area contributed by atoms with Crippen LogP contribution in [0.25, 0.3) is 22.4 Å². The summed E-state index contributed by atoms with van der Waals surface area (Å²) in [5, 5.41) is 15.3. The number of nitrogens with zero attached hydrogens (tertiary/aromatic N) is 5. The number of nitriles is 1. The molecule has 2 N–H and O–H groups in total. The molecule has 0 saturated carbocycles. The molecule has 98 valence electrons. The van der Waals surface area contributed by atoms with Gasteiger partial charge in [0.2, 0.25) is 0 Å². The molecule has 0 bridgehead atoms. The highest BCUT2D eigenvalue weighted by Crippen LogP contribution is 2.31. The Labute approximate surface area is 119 Å². The van der Waals surface area contributed by atoms with E-state index in [2.05, 4.69) is 20.5 Å². The quantitative estimate of drug-likeness (QED) is 0.776. The predicted octanol–water partition coefficient (Wildman–Crippen LogP) is 2.06. The van der Waals surface area contributed by atoms with Gasteiger partial charge < -0.3 is 5.73 Å². The molecule has 0 fully saturated rings. The maximum Gasteiger partial charge on any atom is 0.142 e. The molecule has 0 atom stereocenters. The third-order valence-electron chi connectivity index (χ3n) is 2.90. The van der Waals surface area contributed by atoms with E-state index < -0.39 is 0 Å². The summed E-state index contributed by atoms with van der Waals surface area (Å²) in [4.78, 5) is 4.28. The molecule has 0 amide bonds. The van der Waals surface area contributed by atoms with Gasteiger partial charge in [0.15, 0.2) is 0 Å². The highest BCUT2D eigenvalue weighted by Gasteiger charge is 2.14. The summed E-state index contributed by atoms with van der Waals surface area (Å²) in [5.74, 6) is 0.218. The van der Waals surface area contributed by atoms with Crippen molar-refractivity contribution < 1.29 is 0 Å². The number of rotatable bonds is 2. The number of aryl methyl sites for hydroxylation is 1. The summed E-state index contributed by atoms with van der Waals surface area (Å²) in [6.45, 7) is 0. The van der Waals surface area contributed by atoms with Gasteiger partial charge in [0.1, 0.15) is 17.5 Å². The molecular formula is C13H10N6S. The van der Waals surface area contributed by atoms with E-state index in [1.807, 2.05) is 24.7 Å². The van der Waals surface area contributed by atoms with E-state index in [-0.39, 0.29) is 5.82 Å². The summed E-state index contributed by atoms with van der Waals surface area (Å²) >= 11 is 1.33. The third kappa shape index (κ3) is 2.02. The number of anilines is 1. The summed E-state index contributed by atoms with van der Waals surface area (Å²) in [5.41, 5.74) is 9.43. The van der Waals surface area contributed by atoms with Gasteiger partial charge in [-0.3, -0.25) is 4.68 Å². The first-order valence-electron chi connectivity index (χ1n) is 5.78. The van der Waals surface area contributed by atoms with Gasteiger partial charge in [0, 0.05) is 41.5 Å². The van der Waals surface area contributed by atoms with E-state index in [0.717, 1.165) is 16.7 Å². The minimum Gasteiger partial charge on any atom is -0.383 e. The smallest absolute Gasteiger partial charge is 0.142 e. The molecule has 3 heterocycles. The molecule has 0 aliphatic heterocycles. The molecule has 0 spiro atoms. The topological polar surface area (TPSA) is 93.4 Å². The van der Waals surface area contributed by atoms with Gasteiger partial charge in [-0.15, -0.1) is 0 Å². The van der Waals surface area contributed by atoms with Crippen molar-refractivity contribution in [3.63, 3.8) is 0 Å². The van der Waals surface area contributed by atoms with Crippen molar-refractivity contribution in [1.29, 1.82) is 5.26 Å². The average molecular weight is 282 g/mol. The zero-order valence-electron chi connectivity index (χ0n) is 10.6. The van der Waals surface area contributed by atoms with E-state index in [0.29, 0.717) is 11.3 Å².